The average molecular weight is 360 g/mol. The van der Waals surface area contributed by atoms with Crippen molar-refractivity contribution < 1.29 is 32.6 Å². The molecule has 0 aromatic heterocycles. The number of nitrogens with one attached hydrogen (secondary N) is 1. The second-order valence-corrected chi connectivity index (χ2v) is 6.11. The highest BCUT2D eigenvalue weighted by atomic mass is 19.4. The van der Waals surface area contributed by atoms with Crippen LogP contribution in [-0.2, 0) is 11.0 Å². The van der Waals surface area contributed by atoms with Gasteiger partial charge in [0.05, 0.1) is 17.5 Å². The number of carbonyl (C=O) groups is 2. The molecule has 9 heteroatoms. The second kappa shape index (κ2) is 7.20. The molecule has 0 aliphatic carbocycles. The summed E-state index contributed by atoms with van der Waals surface area (Å²) in [4.78, 5) is 24.5. The Kier molecular flexibility index (Phi) is 5.44. The first kappa shape index (κ1) is 18.9. The number of hydrogen-bond acceptors (Lipinski definition) is 3. The van der Waals surface area contributed by atoms with Crippen LogP contribution in [0.3, 0.4) is 0 Å². The number of carbonyl (C=O) groups excluding carboxylic acids is 1. The van der Waals surface area contributed by atoms with Crippen molar-refractivity contribution >= 4 is 12.0 Å². The van der Waals surface area contributed by atoms with Crippen molar-refractivity contribution in [2.45, 2.75) is 19.5 Å². The first-order chi connectivity index (χ1) is 11.6. The molecule has 0 radical (unpaired) electrons. The molecule has 25 heavy (non-hydrogen) atoms. The molecule has 2 rings (SSSR count). The van der Waals surface area contributed by atoms with Gasteiger partial charge in [0.1, 0.15) is 12.4 Å². The number of halogens is 3. The van der Waals surface area contributed by atoms with Gasteiger partial charge < -0.3 is 20.1 Å². The summed E-state index contributed by atoms with van der Waals surface area (Å²) < 4.78 is 43.6. The van der Waals surface area contributed by atoms with E-state index in [1.165, 1.54) is 23.1 Å². The van der Waals surface area contributed by atoms with Crippen LogP contribution < -0.4 is 10.1 Å². The molecule has 6 nitrogen and oxygen atoms in total. The maximum Gasteiger partial charge on any atom is 0.419 e. The summed E-state index contributed by atoms with van der Waals surface area (Å²) in [5.41, 5.74) is -1.85. The molecule has 1 saturated heterocycles. The van der Waals surface area contributed by atoms with E-state index in [0.717, 1.165) is 6.07 Å². The Balaban J connectivity index is 1.81. The zero-order valence-corrected chi connectivity index (χ0v) is 13.6. The number of hydrogen-bond donors (Lipinski definition) is 2. The van der Waals surface area contributed by atoms with Gasteiger partial charge in [-0.3, -0.25) is 4.79 Å². The molecule has 1 aliphatic heterocycles. The summed E-state index contributed by atoms with van der Waals surface area (Å²) in [7, 11) is 0. The quantitative estimate of drug-likeness (QED) is 0.791. The number of alkyl halides is 3. The van der Waals surface area contributed by atoms with Gasteiger partial charge in [-0.1, -0.05) is 12.1 Å². The van der Waals surface area contributed by atoms with Crippen LogP contribution in [-0.4, -0.2) is 48.2 Å². The van der Waals surface area contributed by atoms with E-state index in [-0.39, 0.29) is 25.4 Å². The van der Waals surface area contributed by atoms with Gasteiger partial charge in [0, 0.05) is 13.1 Å². The minimum absolute atomic E-state index is 0.00527. The lowest BCUT2D eigenvalue weighted by molar-refractivity contribution is -0.147. The molecule has 2 N–H and O–H groups in total. The number of amides is 2. The number of rotatable bonds is 5. The Morgan fingerprint density at radius 1 is 1.36 bits per heavy atom. The molecule has 1 atom stereocenters. The number of nitrogens with zero attached hydrogens (tertiary/aromatic N) is 1. The van der Waals surface area contributed by atoms with Crippen LogP contribution >= 0.6 is 0 Å². The third kappa shape index (κ3) is 4.55. The zero-order valence-electron chi connectivity index (χ0n) is 13.6. The molecule has 0 bridgehead atoms. The zero-order chi connectivity index (χ0) is 18.7. The van der Waals surface area contributed by atoms with Gasteiger partial charge in [0.25, 0.3) is 0 Å². The third-order valence-corrected chi connectivity index (χ3v) is 4.11. The fourth-order valence-corrected chi connectivity index (χ4v) is 2.57. The largest absolute Gasteiger partial charge is 0.491 e. The van der Waals surface area contributed by atoms with Crippen LogP contribution in [0.2, 0.25) is 0 Å². The highest BCUT2D eigenvalue weighted by Gasteiger charge is 2.42. The monoisotopic (exact) mass is 360 g/mol. The first-order valence-corrected chi connectivity index (χ1v) is 7.69. The highest BCUT2D eigenvalue weighted by Crippen LogP contribution is 2.35. The molecule has 1 aliphatic rings. The molecule has 138 valence electrons. The first-order valence-electron chi connectivity index (χ1n) is 7.69. The summed E-state index contributed by atoms with van der Waals surface area (Å²) >= 11 is 0. The summed E-state index contributed by atoms with van der Waals surface area (Å²) in [6, 6.07) is 4.37. The number of ether oxygens (including phenoxy) is 1. The van der Waals surface area contributed by atoms with Crippen LogP contribution in [0.1, 0.15) is 18.9 Å². The minimum Gasteiger partial charge on any atom is -0.491 e. The average Bonchev–Trinajstić information content (AvgIpc) is 2.95. The molecule has 1 aromatic carbocycles. The number of likely N-dealkylation sites (tertiary alicyclic amines) is 1. The lowest BCUT2D eigenvalue weighted by atomic mass is 9.90. The summed E-state index contributed by atoms with van der Waals surface area (Å²) in [6.45, 7) is 1.84. The van der Waals surface area contributed by atoms with Crippen LogP contribution in [0.4, 0.5) is 18.0 Å². The molecule has 1 unspecified atom stereocenters. The Morgan fingerprint density at radius 2 is 2.04 bits per heavy atom. The molecular formula is C16H19F3N2O4. The summed E-state index contributed by atoms with van der Waals surface area (Å²) in [6.07, 6.45) is -4.16. The van der Waals surface area contributed by atoms with Crippen molar-refractivity contribution in [3.8, 4) is 5.75 Å². The SMILES string of the molecule is CC1(C(=O)O)CCN(C(=O)NCCOc2ccccc2C(F)(F)F)C1. The predicted octanol–water partition coefficient (Wildman–Crippen LogP) is 2.59. The molecular weight excluding hydrogens is 341 g/mol. The van der Waals surface area contributed by atoms with E-state index in [9.17, 15) is 22.8 Å². The van der Waals surface area contributed by atoms with Crippen LogP contribution in [0.5, 0.6) is 5.75 Å². The van der Waals surface area contributed by atoms with Gasteiger partial charge in [-0.15, -0.1) is 0 Å². The Morgan fingerprint density at radius 3 is 2.64 bits per heavy atom. The number of aliphatic carboxylic acids is 1. The van der Waals surface area contributed by atoms with E-state index < -0.39 is 29.2 Å². The predicted molar refractivity (Wildman–Crippen MR) is 82.3 cm³/mol. The molecule has 0 spiro atoms. The number of carboxylic acid groups (broad SMARTS) is 1. The lowest BCUT2D eigenvalue weighted by Gasteiger charge is -2.20. The normalized spacial score (nSPS) is 20.4. The molecule has 1 fully saturated rings. The second-order valence-electron chi connectivity index (χ2n) is 6.11. The number of carboxylic acids is 1. The van der Waals surface area contributed by atoms with Crippen LogP contribution in [0.25, 0.3) is 0 Å². The Bertz CT molecular complexity index is 651. The van der Waals surface area contributed by atoms with Gasteiger partial charge in [-0.25, -0.2) is 4.79 Å². The van der Waals surface area contributed by atoms with E-state index in [0.29, 0.717) is 13.0 Å². The number of para-hydroxylation sites is 1. The van der Waals surface area contributed by atoms with E-state index in [4.69, 9.17) is 9.84 Å². The van der Waals surface area contributed by atoms with Crippen LogP contribution in [0.15, 0.2) is 24.3 Å². The van der Waals surface area contributed by atoms with Crippen LogP contribution in [0, 0.1) is 5.41 Å². The van der Waals surface area contributed by atoms with Gasteiger partial charge in [-0.2, -0.15) is 13.2 Å². The lowest BCUT2D eigenvalue weighted by Crippen LogP contribution is -2.42. The fraction of sp³-hybridized carbons (Fsp3) is 0.500. The van der Waals surface area contributed by atoms with E-state index >= 15 is 0 Å². The van der Waals surface area contributed by atoms with E-state index in [1.54, 1.807) is 6.92 Å². The minimum atomic E-state index is -4.52. The van der Waals surface area contributed by atoms with Crippen molar-refractivity contribution in [2.24, 2.45) is 5.41 Å². The van der Waals surface area contributed by atoms with E-state index in [1.807, 2.05) is 0 Å². The summed E-state index contributed by atoms with van der Waals surface area (Å²) in [5.74, 6) is -1.27. The van der Waals surface area contributed by atoms with Crippen molar-refractivity contribution in [3.63, 3.8) is 0 Å². The van der Waals surface area contributed by atoms with Crippen molar-refractivity contribution in [1.82, 2.24) is 10.2 Å². The smallest absolute Gasteiger partial charge is 0.419 e. The van der Waals surface area contributed by atoms with Gasteiger partial charge in [0.2, 0.25) is 0 Å². The molecule has 1 aromatic rings. The number of benzene rings is 1. The fourth-order valence-electron chi connectivity index (χ4n) is 2.57. The van der Waals surface area contributed by atoms with Gasteiger partial charge in [0.15, 0.2) is 0 Å². The molecule has 1 heterocycles. The van der Waals surface area contributed by atoms with Gasteiger partial charge >= 0.3 is 18.2 Å². The number of urea groups is 1. The standard InChI is InChI=1S/C16H19F3N2O4/c1-15(13(22)23)6-8-21(10-15)14(24)20-7-9-25-12-5-3-2-4-11(12)16(17,18)19/h2-5H,6-10H2,1H3,(H,20,24)(H,22,23). The highest BCUT2D eigenvalue weighted by molar-refractivity contribution is 5.79. The third-order valence-electron chi connectivity index (χ3n) is 4.11. The Hall–Kier alpha value is -2.45. The summed E-state index contributed by atoms with van der Waals surface area (Å²) in [5, 5.41) is 11.7. The van der Waals surface area contributed by atoms with Crippen molar-refractivity contribution in [3.05, 3.63) is 29.8 Å². The van der Waals surface area contributed by atoms with Crippen molar-refractivity contribution in [1.29, 1.82) is 0 Å². The molecule has 2 amide bonds. The topological polar surface area (TPSA) is 78.9 Å². The maximum atomic E-state index is 12.8. The molecule has 0 saturated carbocycles. The van der Waals surface area contributed by atoms with Crippen molar-refractivity contribution in [2.75, 3.05) is 26.2 Å². The Labute approximate surface area is 142 Å². The van der Waals surface area contributed by atoms with Gasteiger partial charge in [-0.05, 0) is 25.5 Å². The van der Waals surface area contributed by atoms with E-state index in [2.05, 4.69) is 5.32 Å². The maximum absolute atomic E-state index is 12.8.